The highest BCUT2D eigenvalue weighted by Crippen LogP contribution is 2.31. The molecule has 1 heterocycles. The second-order valence-corrected chi connectivity index (χ2v) is 6.98. The number of likely N-dealkylation sites (N-methyl/N-ethyl adjacent to an activating group) is 1. The smallest absolute Gasteiger partial charge is 0.387 e. The average Bonchev–Trinajstić information content (AvgIpc) is 2.67. The van der Waals surface area contributed by atoms with Gasteiger partial charge in [0.2, 0.25) is 5.91 Å². The number of carbonyl (C=O) groups excluding carboxylic acids is 1. The van der Waals surface area contributed by atoms with E-state index in [4.69, 9.17) is 9.47 Å². The molecule has 0 aliphatic carbocycles. The largest absolute Gasteiger partial charge is 0.486 e. The number of hydrogen-bond acceptors (Lipinski definition) is 4. The molecule has 0 bridgehead atoms. The van der Waals surface area contributed by atoms with Crippen LogP contribution in [0.3, 0.4) is 0 Å². The first-order valence-corrected chi connectivity index (χ1v) is 9.28. The predicted molar refractivity (Wildman–Crippen MR) is 104 cm³/mol. The minimum absolute atomic E-state index is 0.00302. The molecule has 1 amide bonds. The van der Waals surface area contributed by atoms with Gasteiger partial charge in [-0.05, 0) is 42.0 Å². The molecule has 1 aliphatic rings. The van der Waals surface area contributed by atoms with Crippen LogP contribution in [-0.2, 0) is 11.3 Å². The van der Waals surface area contributed by atoms with Gasteiger partial charge in [-0.2, -0.15) is 8.78 Å². The zero-order valence-electron chi connectivity index (χ0n) is 15.0. The molecule has 0 saturated carbocycles. The number of nitrogens with zero attached hydrogens (tertiary/aromatic N) is 1. The van der Waals surface area contributed by atoms with Gasteiger partial charge in [0.15, 0.2) is 11.5 Å². The van der Waals surface area contributed by atoms with Crippen LogP contribution >= 0.6 is 15.9 Å². The van der Waals surface area contributed by atoms with Crippen molar-refractivity contribution >= 4 is 27.9 Å². The summed E-state index contributed by atoms with van der Waals surface area (Å²) in [6.45, 7) is -1.58. The number of ether oxygens (including phenoxy) is 3. The van der Waals surface area contributed by atoms with Crippen molar-refractivity contribution in [3.63, 3.8) is 0 Å². The van der Waals surface area contributed by atoms with Crippen molar-refractivity contribution in [1.29, 1.82) is 0 Å². The molecule has 0 fully saturated rings. The molecule has 28 heavy (non-hydrogen) atoms. The van der Waals surface area contributed by atoms with Crippen LogP contribution in [0.2, 0.25) is 0 Å². The van der Waals surface area contributed by atoms with Crippen LogP contribution in [0.1, 0.15) is 11.1 Å². The molecule has 5 nitrogen and oxygen atoms in total. The van der Waals surface area contributed by atoms with Gasteiger partial charge in [-0.25, -0.2) is 0 Å². The van der Waals surface area contributed by atoms with Gasteiger partial charge in [-0.15, -0.1) is 0 Å². The fraction of sp³-hybridized carbons (Fsp3) is 0.250. The summed E-state index contributed by atoms with van der Waals surface area (Å²) in [6.07, 6.45) is 2.77. The molecule has 2 aromatic rings. The number of carbonyl (C=O) groups is 1. The third-order valence-corrected chi connectivity index (χ3v) is 4.49. The quantitative estimate of drug-likeness (QED) is 0.604. The zero-order valence-corrected chi connectivity index (χ0v) is 16.6. The van der Waals surface area contributed by atoms with E-state index in [9.17, 15) is 13.6 Å². The summed E-state index contributed by atoms with van der Waals surface area (Å²) >= 11 is 3.28. The zero-order chi connectivity index (χ0) is 20.1. The fourth-order valence-electron chi connectivity index (χ4n) is 2.68. The Balaban J connectivity index is 1.68. The van der Waals surface area contributed by atoms with Crippen molar-refractivity contribution < 1.29 is 27.8 Å². The van der Waals surface area contributed by atoms with Crippen LogP contribution in [0.5, 0.6) is 17.2 Å². The highest BCUT2D eigenvalue weighted by molar-refractivity contribution is 9.10. The van der Waals surface area contributed by atoms with E-state index in [0.717, 1.165) is 5.56 Å². The minimum Gasteiger partial charge on any atom is -0.486 e. The number of amides is 1. The molecular weight excluding hydrogens is 436 g/mol. The van der Waals surface area contributed by atoms with E-state index in [1.807, 2.05) is 18.2 Å². The Hall–Kier alpha value is -2.61. The van der Waals surface area contributed by atoms with Gasteiger partial charge in [0.05, 0.1) is 0 Å². The lowest BCUT2D eigenvalue weighted by atomic mass is 10.1. The van der Waals surface area contributed by atoms with E-state index in [1.54, 1.807) is 19.2 Å². The van der Waals surface area contributed by atoms with Crippen molar-refractivity contribution in [2.75, 3.05) is 20.3 Å². The summed E-state index contributed by atoms with van der Waals surface area (Å²) in [6, 6.07) is 10.1. The topological polar surface area (TPSA) is 48.0 Å². The van der Waals surface area contributed by atoms with Crippen LogP contribution in [0.4, 0.5) is 8.78 Å². The molecule has 0 unspecified atom stereocenters. The van der Waals surface area contributed by atoms with Crippen molar-refractivity contribution in [3.8, 4) is 17.2 Å². The van der Waals surface area contributed by atoms with Crippen LogP contribution in [0, 0.1) is 0 Å². The molecule has 0 radical (unpaired) electrons. The maximum Gasteiger partial charge on any atom is 0.387 e. The maximum atomic E-state index is 12.5. The number of benzene rings is 2. The molecular formula is C20H18BrF2NO4. The fourth-order valence-corrected chi connectivity index (χ4v) is 3.06. The standard InChI is InChI=1S/C20H18BrF2NO4/c1-24(12-13-2-5-17-18(10-13)27-9-8-26-17)19(25)7-3-14-11-15(21)4-6-16(14)28-20(22)23/h2-7,10-11,20H,8-9,12H2,1H3/b7-3+. The van der Waals surface area contributed by atoms with Gasteiger partial charge < -0.3 is 19.1 Å². The summed E-state index contributed by atoms with van der Waals surface area (Å²) < 4.78 is 41.3. The molecule has 8 heteroatoms. The second kappa shape index (κ2) is 9.05. The molecule has 1 aliphatic heterocycles. The molecule has 0 atom stereocenters. The first kappa shape index (κ1) is 20.1. The highest BCUT2D eigenvalue weighted by Gasteiger charge is 2.14. The number of alkyl halides is 2. The molecule has 0 N–H and O–H groups in total. The Morgan fingerprint density at radius 3 is 2.71 bits per heavy atom. The van der Waals surface area contributed by atoms with Gasteiger partial charge in [0, 0.05) is 29.7 Å². The van der Waals surface area contributed by atoms with Crippen LogP contribution in [0.15, 0.2) is 46.9 Å². The van der Waals surface area contributed by atoms with E-state index in [-0.39, 0.29) is 11.7 Å². The Kier molecular flexibility index (Phi) is 6.51. The first-order chi connectivity index (χ1) is 13.4. The lowest BCUT2D eigenvalue weighted by molar-refractivity contribution is -0.125. The second-order valence-electron chi connectivity index (χ2n) is 6.07. The van der Waals surface area contributed by atoms with Gasteiger partial charge in [-0.1, -0.05) is 22.0 Å². The molecule has 0 spiro atoms. The van der Waals surface area contributed by atoms with E-state index in [1.165, 1.54) is 23.1 Å². The van der Waals surface area contributed by atoms with E-state index in [2.05, 4.69) is 20.7 Å². The monoisotopic (exact) mass is 453 g/mol. The normalized spacial score (nSPS) is 13.0. The van der Waals surface area contributed by atoms with Crippen molar-refractivity contribution in [3.05, 3.63) is 58.1 Å². The van der Waals surface area contributed by atoms with Gasteiger partial charge in [0.25, 0.3) is 0 Å². The molecule has 0 saturated heterocycles. The number of fused-ring (bicyclic) bond motifs is 1. The highest BCUT2D eigenvalue weighted by atomic mass is 79.9. The minimum atomic E-state index is -2.94. The lowest BCUT2D eigenvalue weighted by Gasteiger charge is -2.20. The number of rotatable bonds is 6. The Bertz CT molecular complexity index is 889. The van der Waals surface area contributed by atoms with E-state index < -0.39 is 6.61 Å². The average molecular weight is 454 g/mol. The third kappa shape index (κ3) is 5.22. The Morgan fingerprint density at radius 2 is 1.96 bits per heavy atom. The van der Waals surface area contributed by atoms with Crippen molar-refractivity contribution in [2.45, 2.75) is 13.2 Å². The van der Waals surface area contributed by atoms with E-state index in [0.29, 0.717) is 41.3 Å². The predicted octanol–water partition coefficient (Wildman–Crippen LogP) is 4.49. The summed E-state index contributed by atoms with van der Waals surface area (Å²) in [7, 11) is 1.65. The molecule has 0 aromatic heterocycles. The van der Waals surface area contributed by atoms with Gasteiger partial charge in [-0.3, -0.25) is 4.79 Å². The SMILES string of the molecule is CN(Cc1ccc2c(c1)OCCO2)C(=O)/C=C/c1cc(Br)ccc1OC(F)F. The molecule has 2 aromatic carbocycles. The van der Waals surface area contributed by atoms with Crippen LogP contribution < -0.4 is 14.2 Å². The van der Waals surface area contributed by atoms with Crippen molar-refractivity contribution in [2.24, 2.45) is 0 Å². The summed E-state index contributed by atoms with van der Waals surface area (Å²) in [5.74, 6) is 1.06. The Labute approximate surface area is 169 Å². The number of halogens is 3. The van der Waals surface area contributed by atoms with Crippen LogP contribution in [0.25, 0.3) is 6.08 Å². The third-order valence-electron chi connectivity index (χ3n) is 4.00. The van der Waals surface area contributed by atoms with Crippen molar-refractivity contribution in [1.82, 2.24) is 4.90 Å². The summed E-state index contributed by atoms with van der Waals surface area (Å²) in [4.78, 5) is 13.9. The maximum absolute atomic E-state index is 12.5. The lowest BCUT2D eigenvalue weighted by Crippen LogP contribution is -2.24. The summed E-state index contributed by atoms with van der Waals surface area (Å²) in [5.41, 5.74) is 1.26. The van der Waals surface area contributed by atoms with Crippen LogP contribution in [-0.4, -0.2) is 37.7 Å². The van der Waals surface area contributed by atoms with Gasteiger partial charge >= 0.3 is 6.61 Å². The Morgan fingerprint density at radius 1 is 1.21 bits per heavy atom. The molecule has 148 valence electrons. The van der Waals surface area contributed by atoms with Gasteiger partial charge in [0.1, 0.15) is 19.0 Å². The molecule has 3 rings (SSSR count). The number of hydrogen-bond donors (Lipinski definition) is 0. The van der Waals surface area contributed by atoms with E-state index >= 15 is 0 Å². The summed E-state index contributed by atoms with van der Waals surface area (Å²) in [5, 5.41) is 0. The first-order valence-electron chi connectivity index (χ1n) is 8.48.